The lowest BCUT2D eigenvalue weighted by Crippen LogP contribution is -2.44. The highest BCUT2D eigenvalue weighted by atomic mass is 35.5. The van der Waals surface area contributed by atoms with Gasteiger partial charge in [0.2, 0.25) is 0 Å². The smallest absolute Gasteiger partial charge is 0.260 e. The van der Waals surface area contributed by atoms with Crippen molar-refractivity contribution in [2.75, 3.05) is 50.4 Å². The van der Waals surface area contributed by atoms with Crippen molar-refractivity contribution in [3.63, 3.8) is 0 Å². The standard InChI is InChI=1S/C23H25Cl2N3OS/c1-26-8-10-27(11-9-26)21-5-3-2-4-18(21)15-22-23(29)28(12-13-30-22)16-17-6-7-19(24)20(25)14-17/h2-7,14-15H,8-13,16H2,1H3. The SMILES string of the molecule is CN1CCN(c2ccccc2C=C2SCCN(Cc3ccc(Cl)c(Cl)c3)C2=O)CC1. The number of halogens is 2. The molecule has 4 nitrogen and oxygen atoms in total. The summed E-state index contributed by atoms with van der Waals surface area (Å²) < 4.78 is 0. The van der Waals surface area contributed by atoms with Crippen LogP contribution < -0.4 is 4.90 Å². The topological polar surface area (TPSA) is 26.8 Å². The predicted octanol–water partition coefficient (Wildman–Crippen LogP) is 4.86. The molecule has 7 heteroatoms. The Hall–Kier alpha value is -1.66. The van der Waals surface area contributed by atoms with E-state index in [2.05, 4.69) is 41.1 Å². The molecule has 2 aliphatic rings. The molecule has 2 fully saturated rings. The quantitative estimate of drug-likeness (QED) is 0.607. The van der Waals surface area contributed by atoms with Crippen LogP contribution in [0.2, 0.25) is 10.0 Å². The van der Waals surface area contributed by atoms with E-state index in [4.69, 9.17) is 23.2 Å². The minimum atomic E-state index is 0.0745. The number of hydrogen-bond donors (Lipinski definition) is 0. The van der Waals surface area contributed by atoms with Gasteiger partial charge >= 0.3 is 0 Å². The van der Waals surface area contributed by atoms with E-state index in [0.29, 0.717) is 16.6 Å². The van der Waals surface area contributed by atoms with Gasteiger partial charge in [0.1, 0.15) is 0 Å². The summed E-state index contributed by atoms with van der Waals surface area (Å²) in [7, 11) is 2.16. The number of amides is 1. The highest BCUT2D eigenvalue weighted by Gasteiger charge is 2.25. The molecule has 2 aromatic carbocycles. The van der Waals surface area contributed by atoms with Crippen LogP contribution in [0.25, 0.3) is 6.08 Å². The minimum Gasteiger partial charge on any atom is -0.368 e. The normalized spacial score (nSPS) is 19.6. The molecule has 2 heterocycles. The van der Waals surface area contributed by atoms with E-state index in [0.717, 1.165) is 54.5 Å². The van der Waals surface area contributed by atoms with Crippen LogP contribution in [-0.2, 0) is 11.3 Å². The van der Waals surface area contributed by atoms with E-state index >= 15 is 0 Å². The highest BCUT2D eigenvalue weighted by molar-refractivity contribution is 8.04. The minimum absolute atomic E-state index is 0.0745. The summed E-state index contributed by atoms with van der Waals surface area (Å²) in [5.41, 5.74) is 3.30. The number of carbonyl (C=O) groups is 1. The van der Waals surface area contributed by atoms with Gasteiger partial charge in [-0.1, -0.05) is 47.5 Å². The fourth-order valence-corrected chi connectivity index (χ4v) is 5.10. The number of likely N-dealkylation sites (N-methyl/N-ethyl adjacent to an activating group) is 1. The Kier molecular flexibility index (Phi) is 6.94. The van der Waals surface area contributed by atoms with Crippen molar-refractivity contribution < 1.29 is 4.79 Å². The largest absolute Gasteiger partial charge is 0.368 e. The number of thioether (sulfide) groups is 1. The Morgan fingerprint density at radius 3 is 2.53 bits per heavy atom. The predicted molar refractivity (Wildman–Crippen MR) is 128 cm³/mol. The van der Waals surface area contributed by atoms with Crippen LogP contribution in [0.4, 0.5) is 5.69 Å². The first kappa shape index (κ1) is 21.6. The molecule has 1 amide bonds. The Balaban J connectivity index is 1.54. The summed E-state index contributed by atoms with van der Waals surface area (Å²) in [6, 6.07) is 13.9. The van der Waals surface area contributed by atoms with E-state index in [1.165, 1.54) is 5.69 Å². The van der Waals surface area contributed by atoms with Crippen LogP contribution in [0, 0.1) is 0 Å². The number of rotatable bonds is 4. The Labute approximate surface area is 192 Å². The molecule has 2 aliphatic heterocycles. The van der Waals surface area contributed by atoms with Crippen molar-refractivity contribution in [3.05, 3.63) is 68.5 Å². The first-order chi connectivity index (χ1) is 14.5. The zero-order chi connectivity index (χ0) is 21.1. The number of hydrogen-bond acceptors (Lipinski definition) is 4. The molecule has 30 heavy (non-hydrogen) atoms. The Morgan fingerprint density at radius 1 is 1.00 bits per heavy atom. The molecular weight excluding hydrogens is 437 g/mol. The number of nitrogens with zero attached hydrogens (tertiary/aromatic N) is 3. The summed E-state index contributed by atoms with van der Waals surface area (Å²) in [4.78, 5) is 20.6. The molecule has 0 radical (unpaired) electrons. The van der Waals surface area contributed by atoms with E-state index in [-0.39, 0.29) is 5.91 Å². The second-order valence-electron chi connectivity index (χ2n) is 7.68. The second kappa shape index (κ2) is 9.65. The van der Waals surface area contributed by atoms with Gasteiger partial charge in [-0.05, 0) is 42.4 Å². The molecule has 0 aliphatic carbocycles. The molecule has 2 saturated heterocycles. The molecule has 0 unspecified atom stereocenters. The molecule has 0 N–H and O–H groups in total. The maximum atomic E-state index is 13.2. The van der Waals surface area contributed by atoms with E-state index in [9.17, 15) is 4.79 Å². The van der Waals surface area contributed by atoms with Crippen LogP contribution in [0.15, 0.2) is 47.4 Å². The number of benzene rings is 2. The van der Waals surface area contributed by atoms with Crippen molar-refractivity contribution in [3.8, 4) is 0 Å². The third kappa shape index (κ3) is 4.97. The van der Waals surface area contributed by atoms with Crippen molar-refractivity contribution in [2.24, 2.45) is 0 Å². The number of anilines is 1. The molecule has 158 valence electrons. The van der Waals surface area contributed by atoms with Crippen LogP contribution in [0.5, 0.6) is 0 Å². The van der Waals surface area contributed by atoms with Crippen LogP contribution in [0.3, 0.4) is 0 Å². The van der Waals surface area contributed by atoms with Gasteiger partial charge in [0.05, 0.1) is 15.0 Å². The number of para-hydroxylation sites is 1. The van der Waals surface area contributed by atoms with Gasteiger partial charge in [-0.3, -0.25) is 4.79 Å². The molecule has 0 spiro atoms. The monoisotopic (exact) mass is 461 g/mol. The first-order valence-electron chi connectivity index (χ1n) is 10.1. The van der Waals surface area contributed by atoms with Crippen LogP contribution >= 0.6 is 35.0 Å². The second-order valence-corrected chi connectivity index (χ2v) is 9.63. The summed E-state index contributed by atoms with van der Waals surface area (Å²) >= 11 is 13.8. The Bertz CT molecular complexity index is 957. The number of piperazine rings is 1. The molecule has 0 saturated carbocycles. The summed E-state index contributed by atoms with van der Waals surface area (Å²) in [6.07, 6.45) is 2.06. The number of carbonyl (C=O) groups excluding carboxylic acids is 1. The van der Waals surface area contributed by atoms with Crippen LogP contribution in [0.1, 0.15) is 11.1 Å². The van der Waals surface area contributed by atoms with Crippen molar-refractivity contribution in [2.45, 2.75) is 6.54 Å². The molecule has 0 atom stereocenters. The maximum Gasteiger partial charge on any atom is 0.260 e. The van der Waals surface area contributed by atoms with Crippen molar-refractivity contribution in [1.82, 2.24) is 9.80 Å². The molecule has 0 aromatic heterocycles. The Morgan fingerprint density at radius 2 is 1.77 bits per heavy atom. The maximum absolute atomic E-state index is 13.2. The molecule has 4 rings (SSSR count). The summed E-state index contributed by atoms with van der Waals surface area (Å²) in [5.74, 6) is 0.959. The zero-order valence-corrected chi connectivity index (χ0v) is 19.3. The highest BCUT2D eigenvalue weighted by Crippen LogP contribution is 2.31. The third-order valence-electron chi connectivity index (χ3n) is 5.54. The molecular formula is C23H25Cl2N3OS. The fourth-order valence-electron chi connectivity index (χ4n) is 3.78. The van der Waals surface area contributed by atoms with Gasteiger partial charge in [0.15, 0.2) is 0 Å². The van der Waals surface area contributed by atoms with Gasteiger partial charge in [-0.2, -0.15) is 0 Å². The van der Waals surface area contributed by atoms with Crippen molar-refractivity contribution in [1.29, 1.82) is 0 Å². The summed E-state index contributed by atoms with van der Waals surface area (Å²) in [5, 5.41) is 1.05. The van der Waals surface area contributed by atoms with Gasteiger partial charge in [0.25, 0.3) is 5.91 Å². The van der Waals surface area contributed by atoms with E-state index in [1.54, 1.807) is 17.8 Å². The lowest BCUT2D eigenvalue weighted by Gasteiger charge is -2.35. The first-order valence-corrected chi connectivity index (χ1v) is 11.9. The van der Waals surface area contributed by atoms with Gasteiger partial charge < -0.3 is 14.7 Å². The summed E-state index contributed by atoms with van der Waals surface area (Å²) in [6.45, 7) is 5.36. The molecule has 0 bridgehead atoms. The van der Waals surface area contributed by atoms with E-state index in [1.807, 2.05) is 23.1 Å². The van der Waals surface area contributed by atoms with Crippen LogP contribution in [-0.4, -0.2) is 61.2 Å². The zero-order valence-electron chi connectivity index (χ0n) is 17.0. The lowest BCUT2D eigenvalue weighted by molar-refractivity contribution is -0.126. The van der Waals surface area contributed by atoms with Crippen molar-refractivity contribution >= 4 is 52.6 Å². The average molecular weight is 462 g/mol. The van der Waals surface area contributed by atoms with E-state index < -0.39 is 0 Å². The molecule has 2 aromatic rings. The lowest BCUT2D eigenvalue weighted by atomic mass is 10.1. The van der Waals surface area contributed by atoms with Gasteiger partial charge in [-0.15, -0.1) is 11.8 Å². The van der Waals surface area contributed by atoms with Gasteiger partial charge in [0, 0.05) is 50.7 Å². The fraction of sp³-hybridized carbons (Fsp3) is 0.348. The van der Waals surface area contributed by atoms with Gasteiger partial charge in [-0.25, -0.2) is 0 Å². The third-order valence-corrected chi connectivity index (χ3v) is 7.27. The average Bonchev–Trinajstić information content (AvgIpc) is 2.75.